The van der Waals surface area contributed by atoms with E-state index in [1.165, 1.54) is 23.8 Å². The van der Waals surface area contributed by atoms with E-state index in [0.29, 0.717) is 0 Å². The number of hydrogen-bond donors (Lipinski definition) is 1. The number of nitro benzene ring substituents is 1. The van der Waals surface area contributed by atoms with Crippen molar-refractivity contribution >= 4 is 23.2 Å². The number of benzene rings is 2. The molecule has 0 aliphatic carbocycles. The first kappa shape index (κ1) is 18.9. The quantitative estimate of drug-likeness (QED) is 0.613. The highest BCUT2D eigenvalue weighted by molar-refractivity contribution is 6.33. The van der Waals surface area contributed by atoms with E-state index >= 15 is 0 Å². The van der Waals surface area contributed by atoms with Crippen molar-refractivity contribution in [2.24, 2.45) is 0 Å². The molecule has 1 N–H and O–H groups in total. The molecule has 6 heteroatoms. The van der Waals surface area contributed by atoms with Crippen LogP contribution in [0.25, 0.3) is 0 Å². The Morgan fingerprint density at radius 1 is 1.16 bits per heavy atom. The molecule has 0 bridgehead atoms. The number of nitro groups is 1. The molecule has 132 valence electrons. The van der Waals surface area contributed by atoms with Crippen molar-refractivity contribution in [3.63, 3.8) is 0 Å². The maximum absolute atomic E-state index is 12.4. The Balaban J connectivity index is 2.17. The van der Waals surface area contributed by atoms with Gasteiger partial charge in [0.25, 0.3) is 11.6 Å². The zero-order chi connectivity index (χ0) is 18.8. The van der Waals surface area contributed by atoms with Crippen LogP contribution in [0.15, 0.2) is 42.5 Å². The summed E-state index contributed by atoms with van der Waals surface area (Å²) in [5.41, 5.74) is 2.13. The number of halogens is 1. The fourth-order valence-corrected chi connectivity index (χ4v) is 2.63. The highest BCUT2D eigenvalue weighted by Crippen LogP contribution is 2.25. The van der Waals surface area contributed by atoms with Crippen molar-refractivity contribution in [2.45, 2.75) is 39.2 Å². The van der Waals surface area contributed by atoms with Crippen LogP contribution in [0.1, 0.15) is 55.2 Å². The molecule has 5 nitrogen and oxygen atoms in total. The first-order valence-corrected chi connectivity index (χ1v) is 8.32. The van der Waals surface area contributed by atoms with Gasteiger partial charge in [0, 0.05) is 12.1 Å². The number of rotatable bonds is 4. The van der Waals surface area contributed by atoms with Gasteiger partial charge in [-0.2, -0.15) is 0 Å². The number of nitrogens with one attached hydrogen (secondary N) is 1. The van der Waals surface area contributed by atoms with Gasteiger partial charge in [0.1, 0.15) is 0 Å². The molecule has 1 amide bonds. The fraction of sp³-hybridized carbons (Fsp3) is 0.316. The van der Waals surface area contributed by atoms with Crippen molar-refractivity contribution in [3.05, 3.63) is 74.3 Å². The Kier molecular flexibility index (Phi) is 5.48. The summed E-state index contributed by atoms with van der Waals surface area (Å²) in [7, 11) is 0. The van der Waals surface area contributed by atoms with Crippen molar-refractivity contribution in [1.29, 1.82) is 0 Å². The number of carbonyl (C=O) groups is 1. The lowest BCUT2D eigenvalue weighted by Crippen LogP contribution is -2.27. The molecule has 0 unspecified atom stereocenters. The van der Waals surface area contributed by atoms with Gasteiger partial charge in [0.05, 0.1) is 21.6 Å². The third-order valence-electron chi connectivity index (χ3n) is 4.03. The predicted molar refractivity (Wildman–Crippen MR) is 99.1 cm³/mol. The summed E-state index contributed by atoms with van der Waals surface area (Å²) in [4.78, 5) is 22.8. The van der Waals surface area contributed by atoms with E-state index in [1.54, 1.807) is 0 Å². The SMILES string of the molecule is C[C@H](NC(=O)c1cc([N+](=O)[O-])ccc1Cl)c1ccc(C(C)(C)C)cc1. The van der Waals surface area contributed by atoms with Gasteiger partial charge in [-0.05, 0) is 29.5 Å². The van der Waals surface area contributed by atoms with E-state index in [-0.39, 0.29) is 27.7 Å². The monoisotopic (exact) mass is 360 g/mol. The minimum atomic E-state index is -0.554. The van der Waals surface area contributed by atoms with E-state index < -0.39 is 10.8 Å². The number of carbonyl (C=O) groups excluding carboxylic acids is 1. The molecule has 25 heavy (non-hydrogen) atoms. The van der Waals surface area contributed by atoms with E-state index in [1.807, 2.05) is 31.2 Å². The van der Waals surface area contributed by atoms with Crippen LogP contribution in [0.3, 0.4) is 0 Å². The first-order chi connectivity index (χ1) is 11.6. The molecule has 2 aromatic rings. The van der Waals surface area contributed by atoms with Gasteiger partial charge in [0.2, 0.25) is 0 Å². The number of hydrogen-bond acceptors (Lipinski definition) is 3. The number of nitrogens with zero attached hydrogens (tertiary/aromatic N) is 1. The number of amides is 1. The maximum Gasteiger partial charge on any atom is 0.270 e. The van der Waals surface area contributed by atoms with Gasteiger partial charge in [-0.3, -0.25) is 14.9 Å². The van der Waals surface area contributed by atoms with Gasteiger partial charge in [-0.25, -0.2) is 0 Å². The zero-order valence-corrected chi connectivity index (χ0v) is 15.4. The summed E-state index contributed by atoms with van der Waals surface area (Å²) >= 11 is 6.01. The van der Waals surface area contributed by atoms with Crippen LogP contribution >= 0.6 is 11.6 Å². The minimum absolute atomic E-state index is 0.0571. The van der Waals surface area contributed by atoms with Crippen molar-refractivity contribution < 1.29 is 9.72 Å². The van der Waals surface area contributed by atoms with E-state index in [0.717, 1.165) is 5.56 Å². The van der Waals surface area contributed by atoms with Crippen molar-refractivity contribution in [1.82, 2.24) is 5.32 Å². The van der Waals surface area contributed by atoms with Crippen LogP contribution < -0.4 is 5.32 Å². The van der Waals surface area contributed by atoms with Gasteiger partial charge < -0.3 is 5.32 Å². The average Bonchev–Trinajstić information content (AvgIpc) is 2.54. The molecule has 0 radical (unpaired) electrons. The van der Waals surface area contributed by atoms with Gasteiger partial charge in [-0.1, -0.05) is 56.6 Å². The third kappa shape index (κ3) is 4.57. The molecular formula is C19H21ClN2O3. The largest absolute Gasteiger partial charge is 0.345 e. The Morgan fingerprint density at radius 3 is 2.28 bits per heavy atom. The Labute approximate surface area is 152 Å². The van der Waals surface area contributed by atoms with Crippen LogP contribution in [0.4, 0.5) is 5.69 Å². The summed E-state index contributed by atoms with van der Waals surface area (Å²) < 4.78 is 0. The summed E-state index contributed by atoms with van der Waals surface area (Å²) in [5, 5.41) is 13.9. The standard InChI is InChI=1S/C19H21ClN2O3/c1-12(13-5-7-14(8-6-13)19(2,3)4)21-18(23)16-11-15(22(24)25)9-10-17(16)20/h5-12H,1-4H3,(H,21,23)/t12-/m0/s1. The summed E-state index contributed by atoms with van der Waals surface area (Å²) in [6.07, 6.45) is 0. The van der Waals surface area contributed by atoms with Crippen molar-refractivity contribution in [3.8, 4) is 0 Å². The Hall–Kier alpha value is -2.40. The second kappa shape index (κ2) is 7.23. The van der Waals surface area contributed by atoms with Crippen LogP contribution in [0, 0.1) is 10.1 Å². The van der Waals surface area contributed by atoms with Gasteiger partial charge in [0.15, 0.2) is 0 Å². The Morgan fingerprint density at radius 2 is 1.76 bits per heavy atom. The lowest BCUT2D eigenvalue weighted by atomic mass is 9.86. The molecule has 0 aromatic heterocycles. The smallest absolute Gasteiger partial charge is 0.270 e. The maximum atomic E-state index is 12.4. The minimum Gasteiger partial charge on any atom is -0.345 e. The Bertz CT molecular complexity index is 795. The molecular weight excluding hydrogens is 340 g/mol. The average molecular weight is 361 g/mol. The van der Waals surface area contributed by atoms with E-state index in [4.69, 9.17) is 11.6 Å². The molecule has 0 saturated heterocycles. The van der Waals surface area contributed by atoms with Gasteiger partial charge >= 0.3 is 0 Å². The zero-order valence-electron chi connectivity index (χ0n) is 14.7. The van der Waals surface area contributed by atoms with Crippen LogP contribution in [0.5, 0.6) is 0 Å². The summed E-state index contributed by atoms with van der Waals surface area (Å²) in [6.45, 7) is 8.27. The van der Waals surface area contributed by atoms with Crippen molar-refractivity contribution in [2.75, 3.05) is 0 Å². The topological polar surface area (TPSA) is 72.2 Å². The lowest BCUT2D eigenvalue weighted by molar-refractivity contribution is -0.384. The number of non-ortho nitro benzene ring substituents is 1. The molecule has 0 fully saturated rings. The van der Waals surface area contributed by atoms with E-state index in [9.17, 15) is 14.9 Å². The van der Waals surface area contributed by atoms with Crippen LogP contribution in [-0.4, -0.2) is 10.8 Å². The summed E-state index contributed by atoms with van der Waals surface area (Å²) in [5.74, 6) is -0.443. The molecule has 1 atom stereocenters. The molecule has 2 aromatic carbocycles. The highest BCUT2D eigenvalue weighted by Gasteiger charge is 2.19. The predicted octanol–water partition coefficient (Wildman–Crippen LogP) is 5.04. The molecule has 0 aliphatic rings. The third-order valence-corrected chi connectivity index (χ3v) is 4.36. The molecule has 0 saturated carbocycles. The molecule has 0 aliphatic heterocycles. The normalized spacial score (nSPS) is 12.5. The van der Waals surface area contributed by atoms with Crippen LogP contribution in [0.2, 0.25) is 5.02 Å². The fourth-order valence-electron chi connectivity index (χ4n) is 2.43. The molecule has 0 spiro atoms. The molecule has 2 rings (SSSR count). The van der Waals surface area contributed by atoms with Crippen LogP contribution in [-0.2, 0) is 5.41 Å². The van der Waals surface area contributed by atoms with Gasteiger partial charge in [-0.15, -0.1) is 0 Å². The second-order valence-electron chi connectivity index (χ2n) is 6.99. The van der Waals surface area contributed by atoms with E-state index in [2.05, 4.69) is 26.1 Å². The lowest BCUT2D eigenvalue weighted by Gasteiger charge is -2.21. The highest BCUT2D eigenvalue weighted by atomic mass is 35.5. The first-order valence-electron chi connectivity index (χ1n) is 7.95. The molecule has 0 heterocycles. The second-order valence-corrected chi connectivity index (χ2v) is 7.40. The summed E-state index contributed by atoms with van der Waals surface area (Å²) in [6, 6.07) is 11.6.